The second-order valence-electron chi connectivity index (χ2n) is 13.3. The fraction of sp³-hybridized carbons (Fsp3) is 0.567. The van der Waals surface area contributed by atoms with E-state index >= 15 is 0 Å². The number of piperidine rings is 1. The summed E-state index contributed by atoms with van der Waals surface area (Å²) in [5, 5.41) is 24.0. The SMILES string of the molecule is CC1(C)CC=C(c2cc(C3(O)CC(C)(C)N(CC(F)(F)F)C(C)(C)C3)ccc2NC(=O)c2ncc(C#N)[nH]2)CC1. The number of nitrogens with zero attached hydrogens (tertiary/aromatic N) is 3. The Morgan fingerprint density at radius 2 is 1.82 bits per heavy atom. The van der Waals surface area contributed by atoms with Crippen molar-refractivity contribution in [3.63, 3.8) is 0 Å². The fourth-order valence-corrected chi connectivity index (χ4v) is 6.52. The molecule has 0 bridgehead atoms. The van der Waals surface area contributed by atoms with Crippen molar-refractivity contribution in [1.29, 1.82) is 5.26 Å². The number of benzene rings is 1. The lowest BCUT2D eigenvalue weighted by Crippen LogP contribution is -2.66. The van der Waals surface area contributed by atoms with Crippen LogP contribution in [0, 0.1) is 16.7 Å². The zero-order chi connectivity index (χ0) is 29.7. The van der Waals surface area contributed by atoms with Gasteiger partial charge in [-0.2, -0.15) is 18.4 Å². The number of nitriles is 1. The van der Waals surface area contributed by atoms with Crippen LogP contribution in [-0.4, -0.2) is 49.7 Å². The van der Waals surface area contributed by atoms with Gasteiger partial charge in [0.2, 0.25) is 0 Å². The van der Waals surface area contributed by atoms with Crippen molar-refractivity contribution < 1.29 is 23.1 Å². The van der Waals surface area contributed by atoms with E-state index in [1.54, 1.807) is 39.8 Å². The van der Waals surface area contributed by atoms with E-state index < -0.39 is 35.3 Å². The number of aliphatic hydroxyl groups is 1. The third-order valence-corrected chi connectivity index (χ3v) is 8.28. The quantitative estimate of drug-likeness (QED) is 0.388. The molecule has 40 heavy (non-hydrogen) atoms. The lowest BCUT2D eigenvalue weighted by molar-refractivity contribution is -0.206. The number of imidazole rings is 1. The van der Waals surface area contributed by atoms with Crippen LogP contribution in [-0.2, 0) is 5.60 Å². The standard InChI is InChI=1S/C30H38F3N5O2/c1-26(2)11-9-19(10-12-26)22-13-20(7-8-23(22)37-25(39)24-35-15-21(14-34)36-24)29(40)16-27(3,4)38(18-30(31,32)33)28(5,6)17-29/h7-9,13,15,40H,10-12,16-18H2,1-6H3,(H,35,36)(H,37,39). The Bertz CT molecular complexity index is 1350. The fourth-order valence-electron chi connectivity index (χ4n) is 6.52. The van der Waals surface area contributed by atoms with Gasteiger partial charge < -0.3 is 15.4 Å². The molecule has 0 unspecified atom stereocenters. The van der Waals surface area contributed by atoms with Crippen LogP contribution in [0.25, 0.3) is 5.57 Å². The van der Waals surface area contributed by atoms with Crippen molar-refractivity contribution in [2.45, 2.75) is 96.5 Å². The molecule has 0 saturated carbocycles. The molecule has 1 saturated heterocycles. The van der Waals surface area contributed by atoms with Crippen LogP contribution >= 0.6 is 0 Å². The first kappa shape index (κ1) is 29.8. The molecule has 1 aliphatic heterocycles. The third-order valence-electron chi connectivity index (χ3n) is 8.28. The smallest absolute Gasteiger partial charge is 0.385 e. The van der Waals surface area contributed by atoms with Crippen molar-refractivity contribution in [3.8, 4) is 6.07 Å². The summed E-state index contributed by atoms with van der Waals surface area (Å²) in [6.45, 7) is 10.3. The van der Waals surface area contributed by atoms with Crippen LogP contribution < -0.4 is 5.32 Å². The molecule has 2 aliphatic rings. The highest BCUT2D eigenvalue weighted by Crippen LogP contribution is 2.50. The molecule has 2 aromatic rings. The molecule has 10 heteroatoms. The molecule has 7 nitrogen and oxygen atoms in total. The van der Waals surface area contributed by atoms with Crippen LogP contribution in [0.2, 0.25) is 0 Å². The van der Waals surface area contributed by atoms with Crippen LogP contribution in [0.1, 0.15) is 101 Å². The minimum Gasteiger partial charge on any atom is -0.385 e. The van der Waals surface area contributed by atoms with Crippen molar-refractivity contribution in [1.82, 2.24) is 14.9 Å². The summed E-state index contributed by atoms with van der Waals surface area (Å²) in [5.41, 5.74) is -0.0265. The van der Waals surface area contributed by atoms with Gasteiger partial charge in [0.15, 0.2) is 5.82 Å². The topological polar surface area (TPSA) is 105 Å². The Morgan fingerprint density at radius 3 is 2.35 bits per heavy atom. The van der Waals surface area contributed by atoms with Crippen LogP contribution in [0.3, 0.4) is 0 Å². The number of likely N-dealkylation sites (tertiary alicyclic amines) is 1. The number of hydrogen-bond donors (Lipinski definition) is 3. The largest absolute Gasteiger partial charge is 0.401 e. The van der Waals surface area contributed by atoms with E-state index in [0.717, 1.165) is 30.4 Å². The molecule has 3 N–H and O–H groups in total. The van der Waals surface area contributed by atoms with Gasteiger partial charge in [-0.25, -0.2) is 4.98 Å². The number of H-pyrrole nitrogens is 1. The van der Waals surface area contributed by atoms with E-state index in [0.29, 0.717) is 11.3 Å². The molecule has 1 fully saturated rings. The maximum absolute atomic E-state index is 13.5. The van der Waals surface area contributed by atoms with Crippen molar-refractivity contribution in [2.24, 2.45) is 5.41 Å². The summed E-state index contributed by atoms with van der Waals surface area (Å²) >= 11 is 0. The highest BCUT2D eigenvalue weighted by molar-refractivity contribution is 6.03. The van der Waals surface area contributed by atoms with Crippen LogP contribution in [0.15, 0.2) is 30.5 Å². The number of hydrogen-bond acceptors (Lipinski definition) is 5. The number of rotatable bonds is 5. The van der Waals surface area contributed by atoms with E-state index in [4.69, 9.17) is 5.26 Å². The maximum atomic E-state index is 13.5. The maximum Gasteiger partial charge on any atom is 0.401 e. The van der Waals surface area contributed by atoms with Gasteiger partial charge in [0.25, 0.3) is 5.91 Å². The van der Waals surface area contributed by atoms with Gasteiger partial charge in [0.05, 0.1) is 18.3 Å². The monoisotopic (exact) mass is 557 g/mol. The average molecular weight is 558 g/mol. The Labute approximate surface area is 233 Å². The highest BCUT2D eigenvalue weighted by atomic mass is 19.4. The lowest BCUT2D eigenvalue weighted by Gasteiger charge is -2.58. The first-order chi connectivity index (χ1) is 18.3. The second kappa shape index (κ2) is 10.0. The molecule has 0 atom stereocenters. The number of allylic oxidation sites excluding steroid dienone is 2. The molecule has 4 rings (SSSR count). The molecule has 1 amide bonds. The average Bonchev–Trinajstić information content (AvgIpc) is 3.30. The molecule has 216 valence electrons. The Balaban J connectivity index is 1.73. The van der Waals surface area contributed by atoms with Gasteiger partial charge in [0.1, 0.15) is 11.8 Å². The number of anilines is 1. The predicted octanol–water partition coefficient (Wildman–Crippen LogP) is 6.53. The molecule has 1 aromatic carbocycles. The summed E-state index contributed by atoms with van der Waals surface area (Å²) in [6.07, 6.45) is 1.86. The van der Waals surface area contributed by atoms with Crippen LogP contribution in [0.5, 0.6) is 0 Å². The molecule has 0 radical (unpaired) electrons. The first-order valence-corrected chi connectivity index (χ1v) is 13.5. The molecular weight excluding hydrogens is 519 g/mol. The number of aromatic amines is 1. The normalized spacial score (nSPS) is 21.8. The summed E-state index contributed by atoms with van der Waals surface area (Å²) < 4.78 is 40.4. The van der Waals surface area contributed by atoms with E-state index in [9.17, 15) is 23.1 Å². The summed E-state index contributed by atoms with van der Waals surface area (Å²) in [6, 6.07) is 7.25. The predicted molar refractivity (Wildman–Crippen MR) is 147 cm³/mol. The van der Waals surface area contributed by atoms with Gasteiger partial charge in [-0.1, -0.05) is 26.0 Å². The van der Waals surface area contributed by atoms with Crippen LogP contribution in [0.4, 0.5) is 18.9 Å². The zero-order valence-electron chi connectivity index (χ0n) is 24.0. The number of alkyl halides is 3. The van der Waals surface area contributed by atoms with Gasteiger partial charge in [-0.15, -0.1) is 0 Å². The van der Waals surface area contributed by atoms with E-state index in [2.05, 4.69) is 35.2 Å². The zero-order valence-corrected chi connectivity index (χ0v) is 24.0. The van der Waals surface area contributed by atoms with Crippen molar-refractivity contribution in [3.05, 3.63) is 53.1 Å². The minimum absolute atomic E-state index is 0.00416. The third kappa shape index (κ3) is 6.26. The van der Waals surface area contributed by atoms with E-state index in [-0.39, 0.29) is 29.8 Å². The first-order valence-electron chi connectivity index (χ1n) is 13.5. The van der Waals surface area contributed by atoms with Gasteiger partial charge in [-0.05, 0) is 88.5 Å². The van der Waals surface area contributed by atoms with Gasteiger partial charge in [-0.3, -0.25) is 9.69 Å². The van der Waals surface area contributed by atoms with Crippen molar-refractivity contribution in [2.75, 3.05) is 11.9 Å². The molecule has 1 aliphatic carbocycles. The summed E-state index contributed by atoms with van der Waals surface area (Å²) in [7, 11) is 0. The number of aromatic nitrogens is 2. The lowest BCUT2D eigenvalue weighted by atomic mass is 9.67. The molecule has 2 heterocycles. The highest BCUT2D eigenvalue weighted by Gasteiger charge is 2.54. The van der Waals surface area contributed by atoms with E-state index in [1.165, 1.54) is 11.1 Å². The Hall–Kier alpha value is -3.16. The number of carbonyl (C=O) groups excluding carboxylic acids is 1. The number of halogens is 3. The number of amides is 1. The van der Waals surface area contributed by atoms with Crippen molar-refractivity contribution >= 4 is 17.2 Å². The Kier molecular flexibility index (Phi) is 7.48. The Morgan fingerprint density at radius 1 is 1.18 bits per heavy atom. The number of nitrogens with one attached hydrogen (secondary N) is 2. The minimum atomic E-state index is -4.36. The number of carbonyl (C=O) groups is 1. The van der Waals surface area contributed by atoms with E-state index in [1.807, 2.05) is 12.1 Å². The molecular formula is C30H38F3N5O2. The summed E-state index contributed by atoms with van der Waals surface area (Å²) in [4.78, 5) is 21.1. The summed E-state index contributed by atoms with van der Waals surface area (Å²) in [5.74, 6) is -0.502. The van der Waals surface area contributed by atoms with Gasteiger partial charge >= 0.3 is 6.18 Å². The second-order valence-corrected chi connectivity index (χ2v) is 13.3. The molecule has 0 spiro atoms. The van der Waals surface area contributed by atoms with Gasteiger partial charge in [0, 0.05) is 22.3 Å². The molecule has 1 aromatic heterocycles.